The summed E-state index contributed by atoms with van der Waals surface area (Å²) in [6.07, 6.45) is 50.0. The van der Waals surface area contributed by atoms with Crippen molar-refractivity contribution in [2.24, 2.45) is 0 Å². The Morgan fingerprint density at radius 1 is 0.364 bits per heavy atom. The minimum atomic E-state index is -0.774. The molecule has 0 aliphatic rings. The van der Waals surface area contributed by atoms with Crippen LogP contribution < -0.4 is 0 Å². The van der Waals surface area contributed by atoms with Gasteiger partial charge >= 0.3 is 17.9 Å². The highest BCUT2D eigenvalue weighted by molar-refractivity contribution is 5.71. The van der Waals surface area contributed by atoms with Gasteiger partial charge in [-0.25, -0.2) is 0 Å². The number of rotatable bonds is 42. The number of carbonyl (C=O) groups is 3. The standard InChI is InChI=1S/C49H88O6/c1-4-7-10-13-16-18-20-22-24-25-26-28-29-31-33-36-39-42-48(51)54-45-46(44-53-47(50)41-38-35-15-12-9-6-3)55-49(52)43-40-37-34-32-30-27-23-21-19-17-14-11-8-5-2/h14,17,21-24,46H,4-13,15-16,18-20,25-45H2,1-3H3/b17-14-,23-21-,24-22-. The van der Waals surface area contributed by atoms with E-state index in [9.17, 15) is 14.4 Å². The van der Waals surface area contributed by atoms with Crippen LogP contribution in [0.5, 0.6) is 0 Å². The summed E-state index contributed by atoms with van der Waals surface area (Å²) in [5.74, 6) is -0.904. The number of hydrogen-bond acceptors (Lipinski definition) is 6. The summed E-state index contributed by atoms with van der Waals surface area (Å²) >= 11 is 0. The molecular formula is C49H88O6. The fourth-order valence-electron chi connectivity index (χ4n) is 6.51. The number of unbranched alkanes of at least 4 members (excludes halogenated alkanes) is 25. The van der Waals surface area contributed by atoms with Gasteiger partial charge in [0.15, 0.2) is 6.10 Å². The van der Waals surface area contributed by atoms with Gasteiger partial charge in [-0.05, 0) is 70.6 Å². The van der Waals surface area contributed by atoms with Crippen LogP contribution in [0.4, 0.5) is 0 Å². The molecule has 6 heteroatoms. The lowest BCUT2D eigenvalue weighted by atomic mass is 10.1. The number of allylic oxidation sites excluding steroid dienone is 6. The lowest BCUT2D eigenvalue weighted by Gasteiger charge is -2.18. The molecule has 55 heavy (non-hydrogen) atoms. The molecular weight excluding hydrogens is 685 g/mol. The Hall–Kier alpha value is -2.37. The van der Waals surface area contributed by atoms with E-state index in [0.717, 1.165) is 83.5 Å². The quantitative estimate of drug-likeness (QED) is 0.0266. The Balaban J connectivity index is 4.26. The SMILES string of the molecule is CCCC/C=C\C/C=C\CCCCCCCC(=O)OC(COC(=O)CCCCCCCC)COC(=O)CCCCCCCCC/C=C\CCCCCCCC. The highest BCUT2D eigenvalue weighted by Crippen LogP contribution is 2.14. The van der Waals surface area contributed by atoms with Gasteiger partial charge in [-0.3, -0.25) is 14.4 Å². The molecule has 0 saturated heterocycles. The van der Waals surface area contributed by atoms with E-state index in [0.29, 0.717) is 19.3 Å². The summed E-state index contributed by atoms with van der Waals surface area (Å²) in [7, 11) is 0. The zero-order chi connectivity index (χ0) is 40.1. The highest BCUT2D eigenvalue weighted by atomic mass is 16.6. The molecule has 0 aromatic carbocycles. The van der Waals surface area contributed by atoms with Crippen LogP contribution in [-0.4, -0.2) is 37.2 Å². The molecule has 0 radical (unpaired) electrons. The van der Waals surface area contributed by atoms with Crippen LogP contribution in [0.25, 0.3) is 0 Å². The molecule has 0 amide bonds. The molecule has 0 fully saturated rings. The second-order valence-electron chi connectivity index (χ2n) is 15.7. The molecule has 6 nitrogen and oxygen atoms in total. The molecule has 0 aliphatic carbocycles. The Morgan fingerprint density at radius 3 is 1.07 bits per heavy atom. The lowest BCUT2D eigenvalue weighted by Crippen LogP contribution is -2.30. The van der Waals surface area contributed by atoms with Crippen molar-refractivity contribution < 1.29 is 28.6 Å². The van der Waals surface area contributed by atoms with Gasteiger partial charge < -0.3 is 14.2 Å². The molecule has 1 unspecified atom stereocenters. The predicted octanol–water partition coefficient (Wildman–Crippen LogP) is 15.0. The van der Waals surface area contributed by atoms with Crippen LogP contribution >= 0.6 is 0 Å². The van der Waals surface area contributed by atoms with Crippen molar-refractivity contribution >= 4 is 17.9 Å². The van der Waals surface area contributed by atoms with E-state index in [1.54, 1.807) is 0 Å². The van der Waals surface area contributed by atoms with Crippen molar-refractivity contribution in [1.82, 2.24) is 0 Å². The topological polar surface area (TPSA) is 78.9 Å². The van der Waals surface area contributed by atoms with E-state index in [1.807, 2.05) is 0 Å². The van der Waals surface area contributed by atoms with Gasteiger partial charge in [-0.1, -0.05) is 186 Å². The normalized spacial score (nSPS) is 12.3. The predicted molar refractivity (Wildman–Crippen MR) is 233 cm³/mol. The van der Waals surface area contributed by atoms with Crippen LogP contribution in [0.2, 0.25) is 0 Å². The molecule has 320 valence electrons. The van der Waals surface area contributed by atoms with E-state index in [2.05, 4.69) is 57.2 Å². The van der Waals surface area contributed by atoms with E-state index in [1.165, 1.54) is 116 Å². The maximum atomic E-state index is 12.7. The maximum Gasteiger partial charge on any atom is 0.306 e. The average molecular weight is 773 g/mol. The summed E-state index contributed by atoms with van der Waals surface area (Å²) in [5, 5.41) is 0. The van der Waals surface area contributed by atoms with Crippen LogP contribution in [-0.2, 0) is 28.6 Å². The van der Waals surface area contributed by atoms with Gasteiger partial charge in [0.1, 0.15) is 13.2 Å². The Labute approximate surface area is 340 Å². The molecule has 0 rings (SSSR count). The van der Waals surface area contributed by atoms with E-state index >= 15 is 0 Å². The van der Waals surface area contributed by atoms with Gasteiger partial charge in [0.05, 0.1) is 0 Å². The highest BCUT2D eigenvalue weighted by Gasteiger charge is 2.19. The van der Waals surface area contributed by atoms with E-state index in [4.69, 9.17) is 14.2 Å². The molecule has 0 heterocycles. The van der Waals surface area contributed by atoms with Crippen LogP contribution in [0, 0.1) is 0 Å². The molecule has 0 bridgehead atoms. The third-order valence-electron chi connectivity index (χ3n) is 10.1. The second-order valence-corrected chi connectivity index (χ2v) is 15.7. The molecule has 0 spiro atoms. The van der Waals surface area contributed by atoms with E-state index in [-0.39, 0.29) is 31.1 Å². The first-order valence-electron chi connectivity index (χ1n) is 23.5. The molecule has 1 atom stereocenters. The molecule has 0 aliphatic heterocycles. The molecule has 0 aromatic rings. The van der Waals surface area contributed by atoms with Gasteiger partial charge in [0.25, 0.3) is 0 Å². The van der Waals surface area contributed by atoms with Crippen molar-refractivity contribution in [2.45, 2.75) is 245 Å². The second kappa shape index (κ2) is 44.3. The maximum absolute atomic E-state index is 12.7. The van der Waals surface area contributed by atoms with Crippen molar-refractivity contribution in [1.29, 1.82) is 0 Å². The number of hydrogen-bond donors (Lipinski definition) is 0. The lowest BCUT2D eigenvalue weighted by molar-refractivity contribution is -0.167. The minimum Gasteiger partial charge on any atom is -0.462 e. The van der Waals surface area contributed by atoms with Gasteiger partial charge in [0.2, 0.25) is 0 Å². The summed E-state index contributed by atoms with van der Waals surface area (Å²) < 4.78 is 16.6. The van der Waals surface area contributed by atoms with Crippen LogP contribution in [0.15, 0.2) is 36.5 Å². The first-order chi connectivity index (χ1) is 27.0. The largest absolute Gasteiger partial charge is 0.462 e. The smallest absolute Gasteiger partial charge is 0.306 e. The Kier molecular flexibility index (Phi) is 42.4. The van der Waals surface area contributed by atoms with Crippen LogP contribution in [0.3, 0.4) is 0 Å². The zero-order valence-electron chi connectivity index (χ0n) is 36.4. The minimum absolute atomic E-state index is 0.0787. The van der Waals surface area contributed by atoms with Gasteiger partial charge in [0, 0.05) is 19.3 Å². The third-order valence-corrected chi connectivity index (χ3v) is 10.1. The Bertz CT molecular complexity index is 938. The van der Waals surface area contributed by atoms with Crippen molar-refractivity contribution in [3.8, 4) is 0 Å². The fourth-order valence-corrected chi connectivity index (χ4v) is 6.51. The first-order valence-corrected chi connectivity index (χ1v) is 23.5. The molecule has 0 saturated carbocycles. The van der Waals surface area contributed by atoms with E-state index < -0.39 is 6.10 Å². The Morgan fingerprint density at radius 2 is 0.673 bits per heavy atom. The monoisotopic (exact) mass is 773 g/mol. The summed E-state index contributed by atoms with van der Waals surface area (Å²) in [6.45, 7) is 6.52. The summed E-state index contributed by atoms with van der Waals surface area (Å²) in [5.41, 5.74) is 0. The zero-order valence-corrected chi connectivity index (χ0v) is 36.4. The first kappa shape index (κ1) is 52.6. The summed E-state index contributed by atoms with van der Waals surface area (Å²) in [4.78, 5) is 37.6. The van der Waals surface area contributed by atoms with Crippen LogP contribution in [0.1, 0.15) is 239 Å². The summed E-state index contributed by atoms with van der Waals surface area (Å²) in [6, 6.07) is 0. The number of ether oxygens (including phenoxy) is 3. The number of esters is 3. The van der Waals surface area contributed by atoms with Gasteiger partial charge in [-0.15, -0.1) is 0 Å². The van der Waals surface area contributed by atoms with Crippen molar-refractivity contribution in [2.75, 3.05) is 13.2 Å². The van der Waals surface area contributed by atoms with Gasteiger partial charge in [-0.2, -0.15) is 0 Å². The number of carbonyl (C=O) groups excluding carboxylic acids is 3. The fraction of sp³-hybridized carbons (Fsp3) is 0.816. The average Bonchev–Trinajstić information content (AvgIpc) is 3.18. The van der Waals surface area contributed by atoms with Crippen molar-refractivity contribution in [3.63, 3.8) is 0 Å². The third kappa shape index (κ3) is 42.6. The molecule has 0 N–H and O–H groups in total. The van der Waals surface area contributed by atoms with Crippen molar-refractivity contribution in [3.05, 3.63) is 36.5 Å². The molecule has 0 aromatic heterocycles.